The molecule has 2 fully saturated rings. The molecule has 0 amide bonds. The zero-order valence-corrected chi connectivity index (χ0v) is 9.69. The number of rotatable bonds is 5. The number of aliphatic hydroxyl groups is 1. The summed E-state index contributed by atoms with van der Waals surface area (Å²) in [6.45, 7) is 5.16. The number of ether oxygens (including phenoxy) is 1. The largest absolute Gasteiger partial charge is 0.391 e. The summed E-state index contributed by atoms with van der Waals surface area (Å²) in [4.78, 5) is 2.38. The lowest BCUT2D eigenvalue weighted by molar-refractivity contribution is -0.0875. The summed E-state index contributed by atoms with van der Waals surface area (Å²) in [5.74, 6) is 0. The van der Waals surface area contributed by atoms with Gasteiger partial charge in [-0.05, 0) is 25.7 Å². The van der Waals surface area contributed by atoms with Crippen LogP contribution in [0.5, 0.6) is 0 Å². The predicted molar refractivity (Wildman–Crippen MR) is 59.9 cm³/mol. The fourth-order valence-electron chi connectivity index (χ4n) is 2.59. The average molecular weight is 213 g/mol. The highest BCUT2D eigenvalue weighted by molar-refractivity contribution is 4.92. The number of likely N-dealkylation sites (tertiary alicyclic amines) is 1. The third-order valence-corrected chi connectivity index (χ3v) is 3.64. The molecule has 0 aromatic rings. The molecule has 0 bridgehead atoms. The molecule has 1 heterocycles. The molecule has 2 atom stereocenters. The lowest BCUT2D eigenvalue weighted by Gasteiger charge is -2.43. The molecule has 0 spiro atoms. The molecular formula is C12H23NO2. The van der Waals surface area contributed by atoms with E-state index >= 15 is 0 Å². The molecule has 3 heteroatoms. The second-order valence-electron chi connectivity index (χ2n) is 4.87. The van der Waals surface area contributed by atoms with Gasteiger partial charge >= 0.3 is 0 Å². The van der Waals surface area contributed by atoms with Crippen LogP contribution in [0.4, 0.5) is 0 Å². The summed E-state index contributed by atoms with van der Waals surface area (Å²) in [6.07, 6.45) is 6.07. The maximum atomic E-state index is 9.74. The number of aliphatic hydroxyl groups excluding tert-OH is 1. The number of hydrogen-bond donors (Lipinski definition) is 1. The van der Waals surface area contributed by atoms with E-state index in [0.717, 1.165) is 26.1 Å². The molecule has 3 nitrogen and oxygen atoms in total. The van der Waals surface area contributed by atoms with Crippen molar-refractivity contribution >= 4 is 0 Å². The Morgan fingerprint density at radius 3 is 2.73 bits per heavy atom. The maximum absolute atomic E-state index is 9.74. The Labute approximate surface area is 92.4 Å². The van der Waals surface area contributed by atoms with Gasteiger partial charge in [0.2, 0.25) is 0 Å². The summed E-state index contributed by atoms with van der Waals surface area (Å²) in [5, 5.41) is 9.74. The third kappa shape index (κ3) is 2.71. The highest BCUT2D eigenvalue weighted by atomic mass is 16.5. The number of nitrogens with zero attached hydrogens (tertiary/aromatic N) is 1. The van der Waals surface area contributed by atoms with E-state index < -0.39 is 0 Å². The van der Waals surface area contributed by atoms with Crippen LogP contribution in [0.2, 0.25) is 0 Å². The van der Waals surface area contributed by atoms with Gasteiger partial charge in [0.25, 0.3) is 0 Å². The Morgan fingerprint density at radius 2 is 2.13 bits per heavy atom. The molecule has 1 aliphatic heterocycles. The maximum Gasteiger partial charge on any atom is 0.0828 e. The van der Waals surface area contributed by atoms with Crippen molar-refractivity contribution in [3.8, 4) is 0 Å². The van der Waals surface area contributed by atoms with Crippen molar-refractivity contribution in [2.45, 2.75) is 57.3 Å². The van der Waals surface area contributed by atoms with Crippen molar-refractivity contribution in [1.82, 2.24) is 4.90 Å². The van der Waals surface area contributed by atoms with Crippen molar-refractivity contribution < 1.29 is 9.84 Å². The van der Waals surface area contributed by atoms with Crippen LogP contribution < -0.4 is 0 Å². The fraction of sp³-hybridized carbons (Fsp3) is 1.00. The van der Waals surface area contributed by atoms with E-state index in [4.69, 9.17) is 4.74 Å². The summed E-state index contributed by atoms with van der Waals surface area (Å²) < 4.78 is 5.72. The first-order valence-electron chi connectivity index (χ1n) is 6.35. The van der Waals surface area contributed by atoms with Crippen LogP contribution in [0.25, 0.3) is 0 Å². The van der Waals surface area contributed by atoms with Gasteiger partial charge in [0.1, 0.15) is 0 Å². The molecular weight excluding hydrogens is 190 g/mol. The van der Waals surface area contributed by atoms with Crippen LogP contribution in [0.1, 0.15) is 39.0 Å². The Hall–Kier alpha value is -0.120. The van der Waals surface area contributed by atoms with Crippen molar-refractivity contribution in [2.75, 3.05) is 19.7 Å². The Morgan fingerprint density at radius 1 is 1.33 bits per heavy atom. The third-order valence-electron chi connectivity index (χ3n) is 3.64. The van der Waals surface area contributed by atoms with Gasteiger partial charge in [0.05, 0.1) is 12.2 Å². The number of unbranched alkanes of at least 4 members (excludes halogenated alkanes) is 1. The summed E-state index contributed by atoms with van der Waals surface area (Å²) in [7, 11) is 0. The first-order valence-corrected chi connectivity index (χ1v) is 6.35. The van der Waals surface area contributed by atoms with E-state index in [0.29, 0.717) is 12.1 Å². The summed E-state index contributed by atoms with van der Waals surface area (Å²) in [6, 6.07) is 0.427. The lowest BCUT2D eigenvalue weighted by Crippen LogP contribution is -2.58. The van der Waals surface area contributed by atoms with Gasteiger partial charge in [0.15, 0.2) is 0 Å². The Bertz CT molecular complexity index is 192. The molecule has 2 rings (SSSR count). The van der Waals surface area contributed by atoms with Crippen LogP contribution >= 0.6 is 0 Å². The van der Waals surface area contributed by atoms with Gasteiger partial charge < -0.3 is 9.84 Å². The molecule has 15 heavy (non-hydrogen) atoms. The molecule has 1 aliphatic carbocycles. The molecule has 2 aliphatic rings. The minimum atomic E-state index is -0.0819. The Kier molecular flexibility index (Phi) is 4.00. The van der Waals surface area contributed by atoms with Gasteiger partial charge in [-0.15, -0.1) is 0 Å². The monoisotopic (exact) mass is 213 g/mol. The first kappa shape index (κ1) is 11.4. The SMILES string of the molecule is CCCCOC1CN([C@@H]2CCC[C@H]2O)C1. The van der Waals surface area contributed by atoms with E-state index in [1.165, 1.54) is 25.7 Å². The van der Waals surface area contributed by atoms with E-state index in [9.17, 15) is 5.11 Å². The molecule has 1 N–H and O–H groups in total. The van der Waals surface area contributed by atoms with Gasteiger partial charge in [-0.1, -0.05) is 13.3 Å². The van der Waals surface area contributed by atoms with Crippen molar-refractivity contribution in [3.63, 3.8) is 0 Å². The second kappa shape index (κ2) is 5.28. The first-order chi connectivity index (χ1) is 7.31. The lowest BCUT2D eigenvalue weighted by atomic mass is 10.1. The topological polar surface area (TPSA) is 32.7 Å². The zero-order chi connectivity index (χ0) is 10.7. The molecule has 0 unspecified atom stereocenters. The van der Waals surface area contributed by atoms with Crippen molar-refractivity contribution in [3.05, 3.63) is 0 Å². The molecule has 0 radical (unpaired) electrons. The van der Waals surface area contributed by atoms with Gasteiger partial charge in [-0.3, -0.25) is 4.90 Å². The summed E-state index contributed by atoms with van der Waals surface area (Å²) in [5.41, 5.74) is 0. The van der Waals surface area contributed by atoms with Crippen molar-refractivity contribution in [1.29, 1.82) is 0 Å². The van der Waals surface area contributed by atoms with E-state index in [-0.39, 0.29) is 6.10 Å². The van der Waals surface area contributed by atoms with Gasteiger partial charge in [-0.2, -0.15) is 0 Å². The van der Waals surface area contributed by atoms with Crippen LogP contribution in [0, 0.1) is 0 Å². The van der Waals surface area contributed by atoms with Gasteiger partial charge in [-0.25, -0.2) is 0 Å². The highest BCUT2D eigenvalue weighted by Gasteiger charge is 2.38. The van der Waals surface area contributed by atoms with Crippen LogP contribution in [0.3, 0.4) is 0 Å². The summed E-state index contributed by atoms with van der Waals surface area (Å²) >= 11 is 0. The fourth-order valence-corrected chi connectivity index (χ4v) is 2.59. The van der Waals surface area contributed by atoms with E-state index in [2.05, 4.69) is 11.8 Å². The van der Waals surface area contributed by atoms with E-state index in [1.807, 2.05) is 0 Å². The molecule has 1 saturated carbocycles. The number of hydrogen-bond acceptors (Lipinski definition) is 3. The molecule has 1 saturated heterocycles. The van der Waals surface area contributed by atoms with Crippen molar-refractivity contribution in [2.24, 2.45) is 0 Å². The zero-order valence-electron chi connectivity index (χ0n) is 9.69. The van der Waals surface area contributed by atoms with Gasteiger partial charge in [0, 0.05) is 25.7 Å². The Balaban J connectivity index is 1.61. The normalized spacial score (nSPS) is 33.2. The molecule has 88 valence electrons. The quantitative estimate of drug-likeness (QED) is 0.701. The molecule has 0 aromatic carbocycles. The minimum Gasteiger partial charge on any atom is -0.391 e. The van der Waals surface area contributed by atoms with Crippen LogP contribution in [0.15, 0.2) is 0 Å². The predicted octanol–water partition coefficient (Wildman–Crippen LogP) is 1.40. The second-order valence-corrected chi connectivity index (χ2v) is 4.87. The van der Waals surface area contributed by atoms with Crippen LogP contribution in [-0.2, 0) is 4.74 Å². The standard InChI is InChI=1S/C12H23NO2/c1-2-3-7-15-10-8-13(9-10)11-5-4-6-12(11)14/h10-12,14H,2-9H2,1H3/t11-,12-/m1/s1. The minimum absolute atomic E-state index is 0.0819. The molecule has 0 aromatic heterocycles. The highest BCUT2D eigenvalue weighted by Crippen LogP contribution is 2.28. The van der Waals surface area contributed by atoms with E-state index in [1.54, 1.807) is 0 Å². The van der Waals surface area contributed by atoms with Crippen LogP contribution in [-0.4, -0.2) is 48.0 Å². The smallest absolute Gasteiger partial charge is 0.0828 e. The average Bonchev–Trinajstić information content (AvgIpc) is 2.56.